The minimum Gasteiger partial charge on any atom is -0.467 e. The molecule has 0 aliphatic rings. The second kappa shape index (κ2) is 11.9. The number of carbonyl (C=O) groups is 2. The van der Waals surface area contributed by atoms with E-state index in [-0.39, 0.29) is 18.5 Å². The molecule has 1 aromatic carbocycles. The van der Waals surface area contributed by atoms with Crippen molar-refractivity contribution >= 4 is 17.6 Å². The molecule has 8 heteroatoms. The molecule has 176 valence electrons. The topological polar surface area (TPSA) is 80.0 Å². The van der Waals surface area contributed by atoms with E-state index in [1.165, 1.54) is 4.90 Å². The minimum absolute atomic E-state index is 0.0490. The van der Waals surface area contributed by atoms with Crippen molar-refractivity contribution in [2.24, 2.45) is 7.05 Å². The number of methoxy groups -OCH3 is 1. The molecule has 0 aliphatic heterocycles. The van der Waals surface area contributed by atoms with Gasteiger partial charge in [-0.1, -0.05) is 18.2 Å². The molecule has 3 aromatic rings. The van der Waals surface area contributed by atoms with E-state index in [2.05, 4.69) is 5.32 Å². The Morgan fingerprint density at radius 2 is 1.88 bits per heavy atom. The molecule has 0 radical (unpaired) electrons. The largest absolute Gasteiger partial charge is 0.467 e. The number of ether oxygens (including phenoxy) is 1. The first kappa shape index (κ1) is 24.1. The van der Waals surface area contributed by atoms with Crippen molar-refractivity contribution in [1.82, 2.24) is 14.4 Å². The predicted molar refractivity (Wildman–Crippen MR) is 127 cm³/mol. The quantitative estimate of drug-likeness (QED) is 0.446. The van der Waals surface area contributed by atoms with E-state index in [9.17, 15) is 9.59 Å². The van der Waals surface area contributed by atoms with E-state index >= 15 is 0 Å². The second-order valence-electron chi connectivity index (χ2n) is 7.95. The highest BCUT2D eigenvalue weighted by Gasteiger charge is 2.23. The normalized spacial score (nSPS) is 10.8. The van der Waals surface area contributed by atoms with Gasteiger partial charge in [0.25, 0.3) is 0 Å². The van der Waals surface area contributed by atoms with E-state index in [1.54, 1.807) is 24.3 Å². The van der Waals surface area contributed by atoms with Crippen LogP contribution in [-0.4, -0.2) is 53.1 Å². The Morgan fingerprint density at radius 1 is 1.06 bits per heavy atom. The van der Waals surface area contributed by atoms with Crippen molar-refractivity contribution < 1.29 is 18.7 Å². The summed E-state index contributed by atoms with van der Waals surface area (Å²) in [5.74, 6) is 0.526. The first-order valence-electron chi connectivity index (χ1n) is 11.0. The average Bonchev–Trinajstić information content (AvgIpc) is 3.46. The van der Waals surface area contributed by atoms with Gasteiger partial charge in [-0.2, -0.15) is 0 Å². The minimum atomic E-state index is -0.314. The van der Waals surface area contributed by atoms with Gasteiger partial charge in [0, 0.05) is 44.9 Å². The molecular weight excluding hydrogens is 420 g/mol. The number of para-hydroxylation sites is 1. The van der Waals surface area contributed by atoms with E-state index < -0.39 is 0 Å². The third-order valence-corrected chi connectivity index (χ3v) is 5.46. The number of rotatable bonds is 11. The Kier molecular flexibility index (Phi) is 8.71. The molecule has 0 saturated heterocycles. The number of hydrogen-bond acceptors (Lipinski definition) is 4. The molecule has 0 atom stereocenters. The van der Waals surface area contributed by atoms with Crippen LogP contribution in [0.3, 0.4) is 0 Å². The molecule has 2 aromatic heterocycles. The fraction of sp³-hybridized carbons (Fsp3) is 0.360. The summed E-state index contributed by atoms with van der Waals surface area (Å²) in [7, 11) is 3.56. The average molecular weight is 453 g/mol. The summed E-state index contributed by atoms with van der Waals surface area (Å²) in [6.45, 7) is 3.52. The van der Waals surface area contributed by atoms with Gasteiger partial charge in [0.15, 0.2) is 0 Å². The van der Waals surface area contributed by atoms with Crippen LogP contribution in [0.25, 0.3) is 0 Å². The summed E-state index contributed by atoms with van der Waals surface area (Å²) < 4.78 is 12.6. The molecule has 0 bridgehead atoms. The van der Waals surface area contributed by atoms with Crippen molar-refractivity contribution in [2.45, 2.75) is 26.4 Å². The van der Waals surface area contributed by atoms with Gasteiger partial charge in [0.05, 0.1) is 19.4 Å². The molecule has 1 N–H and O–H groups in total. The number of aryl methyl sites for hydroxylation is 2. The van der Waals surface area contributed by atoms with Crippen molar-refractivity contribution in [2.75, 3.05) is 32.1 Å². The van der Waals surface area contributed by atoms with Crippen LogP contribution in [0.2, 0.25) is 0 Å². The molecule has 33 heavy (non-hydrogen) atoms. The van der Waals surface area contributed by atoms with Crippen LogP contribution >= 0.6 is 0 Å². The fourth-order valence-electron chi connectivity index (χ4n) is 3.50. The number of urea groups is 1. The smallest absolute Gasteiger partial charge is 0.322 e. The van der Waals surface area contributed by atoms with Crippen molar-refractivity contribution in [3.63, 3.8) is 0 Å². The number of benzene rings is 1. The van der Waals surface area contributed by atoms with Crippen LogP contribution < -0.4 is 5.32 Å². The molecule has 0 saturated carbocycles. The third kappa shape index (κ3) is 6.98. The highest BCUT2D eigenvalue weighted by molar-refractivity contribution is 5.93. The summed E-state index contributed by atoms with van der Waals surface area (Å²) in [6.07, 6.45) is 4.16. The van der Waals surface area contributed by atoms with E-state index in [4.69, 9.17) is 9.15 Å². The summed E-state index contributed by atoms with van der Waals surface area (Å²) in [5, 5.41) is 2.93. The highest BCUT2D eigenvalue weighted by Crippen LogP contribution is 2.15. The van der Waals surface area contributed by atoms with Gasteiger partial charge in [-0.3, -0.25) is 4.79 Å². The molecule has 3 rings (SSSR count). The van der Waals surface area contributed by atoms with Gasteiger partial charge in [-0.15, -0.1) is 0 Å². The van der Waals surface area contributed by atoms with Crippen LogP contribution in [-0.2, 0) is 29.7 Å². The Morgan fingerprint density at radius 3 is 2.55 bits per heavy atom. The maximum Gasteiger partial charge on any atom is 0.322 e. The Hall–Kier alpha value is -3.52. The molecular formula is C25H32N4O4. The van der Waals surface area contributed by atoms with Crippen molar-refractivity contribution in [1.29, 1.82) is 0 Å². The number of amides is 3. The molecule has 2 heterocycles. The van der Waals surface area contributed by atoms with Gasteiger partial charge in [-0.25, -0.2) is 4.79 Å². The van der Waals surface area contributed by atoms with E-state index in [0.717, 1.165) is 16.9 Å². The Bertz CT molecular complexity index is 1030. The first-order chi connectivity index (χ1) is 16.0. The van der Waals surface area contributed by atoms with Gasteiger partial charge in [0.2, 0.25) is 5.91 Å². The van der Waals surface area contributed by atoms with Crippen LogP contribution in [0.4, 0.5) is 10.5 Å². The number of nitrogens with one attached hydrogen (secondary N) is 1. The zero-order valence-corrected chi connectivity index (χ0v) is 19.5. The number of furan rings is 1. The molecule has 0 unspecified atom stereocenters. The molecule has 0 fully saturated rings. The molecule has 8 nitrogen and oxygen atoms in total. The summed E-state index contributed by atoms with van der Waals surface area (Å²) in [6, 6.07) is 14.8. The number of aromatic nitrogens is 1. The Labute approximate surface area is 194 Å². The second-order valence-corrected chi connectivity index (χ2v) is 7.95. The highest BCUT2D eigenvalue weighted by atomic mass is 16.5. The summed E-state index contributed by atoms with van der Waals surface area (Å²) >= 11 is 0. The molecule has 0 aliphatic carbocycles. The Balaban J connectivity index is 1.75. The lowest BCUT2D eigenvalue weighted by molar-refractivity contribution is -0.133. The van der Waals surface area contributed by atoms with Crippen molar-refractivity contribution in [3.8, 4) is 0 Å². The van der Waals surface area contributed by atoms with Crippen LogP contribution in [0, 0.1) is 6.92 Å². The van der Waals surface area contributed by atoms with Crippen LogP contribution in [0.5, 0.6) is 0 Å². The van der Waals surface area contributed by atoms with Crippen molar-refractivity contribution in [3.05, 3.63) is 78.0 Å². The van der Waals surface area contributed by atoms with Gasteiger partial charge < -0.3 is 28.8 Å². The monoisotopic (exact) mass is 452 g/mol. The predicted octanol–water partition coefficient (Wildman–Crippen LogP) is 4.03. The van der Waals surface area contributed by atoms with Gasteiger partial charge >= 0.3 is 6.03 Å². The third-order valence-electron chi connectivity index (χ3n) is 5.46. The van der Waals surface area contributed by atoms with Crippen LogP contribution in [0.1, 0.15) is 23.4 Å². The zero-order valence-electron chi connectivity index (χ0n) is 19.5. The van der Waals surface area contributed by atoms with Gasteiger partial charge in [0.1, 0.15) is 12.3 Å². The number of nitrogens with zero attached hydrogens (tertiary/aromatic N) is 3. The lowest BCUT2D eigenvalue weighted by Crippen LogP contribution is -2.44. The SMILES string of the molecule is COCCCN(CC(=O)N(Cc1ccco1)Cc1cccn1C)C(=O)Nc1ccccc1C. The maximum absolute atomic E-state index is 13.4. The maximum atomic E-state index is 13.4. The van der Waals surface area contributed by atoms with E-state index in [0.29, 0.717) is 38.4 Å². The molecule has 0 spiro atoms. The van der Waals surface area contributed by atoms with Crippen LogP contribution in [0.15, 0.2) is 65.4 Å². The molecule has 3 amide bonds. The fourth-order valence-corrected chi connectivity index (χ4v) is 3.50. The first-order valence-corrected chi connectivity index (χ1v) is 11.0. The number of hydrogen-bond donors (Lipinski definition) is 1. The summed E-state index contributed by atoms with van der Waals surface area (Å²) in [4.78, 5) is 29.7. The number of carbonyl (C=O) groups excluding carboxylic acids is 2. The number of anilines is 1. The standard InChI is InChI=1S/C25H32N4O4/c1-20-9-4-5-12-23(20)26-25(31)28(14-8-15-32-3)19-24(30)29(18-22-11-7-16-33-22)17-21-10-6-13-27(21)2/h4-7,9-13,16H,8,14-15,17-19H2,1-3H3,(H,26,31). The lowest BCUT2D eigenvalue weighted by Gasteiger charge is -2.28. The van der Waals surface area contributed by atoms with E-state index in [1.807, 2.05) is 67.2 Å². The lowest BCUT2D eigenvalue weighted by atomic mass is 10.2. The van der Waals surface area contributed by atoms with Gasteiger partial charge in [-0.05, 0) is 49.2 Å². The summed E-state index contributed by atoms with van der Waals surface area (Å²) in [5.41, 5.74) is 2.67. The zero-order chi connectivity index (χ0) is 23.6.